The standard InChI is InChI=1S/C18H30N4O/c1-3-4-13-5-7-15(8-6-13)20-16-9-10-17(23)21-18(16)14-11-19-22(2)12-14/h11-13,15-16,18,20H,3-10H2,1-2H3,(H,21,23)/t13?,15?,16-,18+/m1/s1. The summed E-state index contributed by atoms with van der Waals surface area (Å²) in [6, 6.07) is 0.977. The summed E-state index contributed by atoms with van der Waals surface area (Å²) in [5.74, 6) is 1.08. The summed E-state index contributed by atoms with van der Waals surface area (Å²) in [7, 11) is 1.92. The Bertz CT molecular complexity index is 519. The lowest BCUT2D eigenvalue weighted by molar-refractivity contribution is -0.124. The Kier molecular flexibility index (Phi) is 5.36. The van der Waals surface area contributed by atoms with Crippen LogP contribution >= 0.6 is 0 Å². The minimum absolute atomic E-state index is 0.0540. The summed E-state index contributed by atoms with van der Waals surface area (Å²) in [5.41, 5.74) is 1.11. The lowest BCUT2D eigenvalue weighted by atomic mass is 9.82. The summed E-state index contributed by atoms with van der Waals surface area (Å²) in [6.07, 6.45) is 13.4. The van der Waals surface area contributed by atoms with Gasteiger partial charge < -0.3 is 10.6 Å². The van der Waals surface area contributed by atoms with Gasteiger partial charge in [0.2, 0.25) is 5.91 Å². The molecule has 1 aromatic rings. The topological polar surface area (TPSA) is 59.0 Å². The van der Waals surface area contributed by atoms with Gasteiger partial charge in [0.1, 0.15) is 0 Å². The molecule has 1 aliphatic carbocycles. The number of carbonyl (C=O) groups excluding carboxylic acids is 1. The van der Waals surface area contributed by atoms with E-state index in [1.54, 1.807) is 0 Å². The fraction of sp³-hybridized carbons (Fsp3) is 0.778. The highest BCUT2D eigenvalue weighted by atomic mass is 16.1. The fourth-order valence-electron chi connectivity index (χ4n) is 4.22. The highest BCUT2D eigenvalue weighted by Gasteiger charge is 2.33. The van der Waals surface area contributed by atoms with E-state index < -0.39 is 0 Å². The van der Waals surface area contributed by atoms with Gasteiger partial charge in [-0.25, -0.2) is 0 Å². The number of carbonyl (C=O) groups is 1. The SMILES string of the molecule is CCCC1CCC(N[C@@H]2CCC(=O)N[C@H]2c2cnn(C)c2)CC1. The Morgan fingerprint density at radius 1 is 1.30 bits per heavy atom. The number of amides is 1. The highest BCUT2D eigenvalue weighted by molar-refractivity contribution is 5.77. The van der Waals surface area contributed by atoms with Crippen LogP contribution in [0.1, 0.15) is 69.9 Å². The lowest BCUT2D eigenvalue weighted by Gasteiger charge is -2.37. The fourth-order valence-corrected chi connectivity index (χ4v) is 4.22. The third-order valence-electron chi connectivity index (χ3n) is 5.48. The molecular weight excluding hydrogens is 288 g/mol. The maximum atomic E-state index is 11.8. The first kappa shape index (κ1) is 16.5. The Balaban J connectivity index is 1.60. The Hall–Kier alpha value is -1.36. The van der Waals surface area contributed by atoms with Gasteiger partial charge in [-0.3, -0.25) is 9.48 Å². The molecule has 1 aromatic heterocycles. The first-order valence-corrected chi connectivity index (χ1v) is 9.19. The monoisotopic (exact) mass is 318 g/mol. The Labute approximate surface area is 139 Å². The highest BCUT2D eigenvalue weighted by Crippen LogP contribution is 2.30. The van der Waals surface area contributed by atoms with Crippen LogP contribution < -0.4 is 10.6 Å². The van der Waals surface area contributed by atoms with Crippen molar-refractivity contribution in [2.24, 2.45) is 13.0 Å². The van der Waals surface area contributed by atoms with Gasteiger partial charge in [-0.1, -0.05) is 19.8 Å². The molecule has 3 rings (SSSR count). The van der Waals surface area contributed by atoms with Gasteiger partial charge in [0.15, 0.2) is 0 Å². The van der Waals surface area contributed by atoms with Crippen molar-refractivity contribution in [3.05, 3.63) is 18.0 Å². The van der Waals surface area contributed by atoms with Crippen LogP contribution in [0.25, 0.3) is 0 Å². The number of nitrogens with one attached hydrogen (secondary N) is 2. The van der Waals surface area contributed by atoms with Gasteiger partial charge >= 0.3 is 0 Å². The summed E-state index contributed by atoms with van der Waals surface area (Å²) in [4.78, 5) is 11.8. The molecule has 5 heteroatoms. The maximum absolute atomic E-state index is 11.8. The van der Waals surface area contributed by atoms with Crippen molar-refractivity contribution in [2.75, 3.05) is 0 Å². The summed E-state index contributed by atoms with van der Waals surface area (Å²) < 4.78 is 1.81. The van der Waals surface area contributed by atoms with Crippen LogP contribution in [0.2, 0.25) is 0 Å². The van der Waals surface area contributed by atoms with Crippen molar-refractivity contribution in [1.29, 1.82) is 0 Å². The van der Waals surface area contributed by atoms with E-state index in [1.807, 2.05) is 24.1 Å². The second kappa shape index (κ2) is 7.47. The molecule has 0 aromatic carbocycles. The zero-order valence-corrected chi connectivity index (χ0v) is 14.4. The third-order valence-corrected chi connectivity index (χ3v) is 5.48. The van der Waals surface area contributed by atoms with Crippen molar-refractivity contribution in [3.63, 3.8) is 0 Å². The number of aryl methyl sites for hydroxylation is 1. The predicted molar refractivity (Wildman–Crippen MR) is 90.9 cm³/mol. The maximum Gasteiger partial charge on any atom is 0.220 e. The Morgan fingerprint density at radius 3 is 2.74 bits per heavy atom. The molecule has 5 nitrogen and oxygen atoms in total. The number of piperidine rings is 1. The second-order valence-electron chi connectivity index (χ2n) is 7.31. The molecule has 2 aliphatic rings. The lowest BCUT2D eigenvalue weighted by Crippen LogP contribution is -2.51. The largest absolute Gasteiger partial charge is 0.348 e. The number of nitrogens with zero attached hydrogens (tertiary/aromatic N) is 2. The molecule has 2 atom stereocenters. The van der Waals surface area contributed by atoms with Gasteiger partial charge in [-0.05, 0) is 38.0 Å². The normalized spacial score (nSPS) is 31.8. The van der Waals surface area contributed by atoms with Crippen molar-refractivity contribution in [3.8, 4) is 0 Å². The molecule has 23 heavy (non-hydrogen) atoms. The number of hydrogen-bond donors (Lipinski definition) is 2. The van der Waals surface area contributed by atoms with Crippen LogP contribution in [0, 0.1) is 5.92 Å². The second-order valence-corrected chi connectivity index (χ2v) is 7.31. The van der Waals surface area contributed by atoms with Gasteiger partial charge in [0, 0.05) is 37.3 Å². The van der Waals surface area contributed by atoms with Crippen LogP contribution in [0.3, 0.4) is 0 Å². The molecule has 0 spiro atoms. The molecule has 2 heterocycles. The van der Waals surface area contributed by atoms with Crippen LogP contribution in [0.4, 0.5) is 0 Å². The molecule has 1 saturated carbocycles. The van der Waals surface area contributed by atoms with Crippen LogP contribution in [-0.2, 0) is 11.8 Å². The van der Waals surface area contributed by atoms with E-state index in [0.717, 1.165) is 17.9 Å². The van der Waals surface area contributed by atoms with Crippen LogP contribution in [-0.4, -0.2) is 27.8 Å². The van der Waals surface area contributed by atoms with E-state index in [-0.39, 0.29) is 11.9 Å². The Morgan fingerprint density at radius 2 is 2.09 bits per heavy atom. The zero-order chi connectivity index (χ0) is 16.2. The molecular formula is C18H30N4O. The van der Waals surface area contributed by atoms with Gasteiger partial charge in [-0.2, -0.15) is 5.10 Å². The summed E-state index contributed by atoms with van der Waals surface area (Å²) in [5, 5.41) is 11.3. The number of aromatic nitrogens is 2. The van der Waals surface area contributed by atoms with Crippen molar-refractivity contribution in [2.45, 2.75) is 76.4 Å². The molecule has 0 bridgehead atoms. The average molecular weight is 318 g/mol. The number of hydrogen-bond acceptors (Lipinski definition) is 3. The molecule has 1 amide bonds. The smallest absolute Gasteiger partial charge is 0.220 e. The summed E-state index contributed by atoms with van der Waals surface area (Å²) >= 11 is 0. The van der Waals surface area contributed by atoms with Gasteiger partial charge in [0.25, 0.3) is 0 Å². The molecule has 2 N–H and O–H groups in total. The predicted octanol–water partition coefficient (Wildman–Crippen LogP) is 2.69. The van der Waals surface area contributed by atoms with Gasteiger partial charge in [0.05, 0.1) is 12.2 Å². The minimum Gasteiger partial charge on any atom is -0.348 e. The molecule has 0 unspecified atom stereocenters. The average Bonchev–Trinajstić information content (AvgIpc) is 2.97. The minimum atomic E-state index is 0.0540. The van der Waals surface area contributed by atoms with Crippen molar-refractivity contribution < 1.29 is 4.79 Å². The van der Waals surface area contributed by atoms with Crippen LogP contribution in [0.5, 0.6) is 0 Å². The molecule has 1 saturated heterocycles. The molecule has 128 valence electrons. The molecule has 1 aliphatic heterocycles. The third kappa shape index (κ3) is 4.14. The van der Waals surface area contributed by atoms with E-state index in [2.05, 4.69) is 22.7 Å². The van der Waals surface area contributed by atoms with E-state index in [9.17, 15) is 4.79 Å². The quantitative estimate of drug-likeness (QED) is 0.877. The van der Waals surface area contributed by atoms with Crippen molar-refractivity contribution >= 4 is 5.91 Å². The molecule has 2 fully saturated rings. The first-order valence-electron chi connectivity index (χ1n) is 9.19. The van der Waals surface area contributed by atoms with E-state index in [4.69, 9.17) is 0 Å². The number of rotatable bonds is 5. The zero-order valence-electron chi connectivity index (χ0n) is 14.4. The van der Waals surface area contributed by atoms with Gasteiger partial charge in [-0.15, -0.1) is 0 Å². The first-order chi connectivity index (χ1) is 11.2. The van der Waals surface area contributed by atoms with E-state index >= 15 is 0 Å². The van der Waals surface area contributed by atoms with E-state index in [1.165, 1.54) is 38.5 Å². The van der Waals surface area contributed by atoms with E-state index in [0.29, 0.717) is 18.5 Å². The van der Waals surface area contributed by atoms with Crippen LogP contribution in [0.15, 0.2) is 12.4 Å². The van der Waals surface area contributed by atoms with Crippen molar-refractivity contribution in [1.82, 2.24) is 20.4 Å². The molecule has 0 radical (unpaired) electrons. The summed E-state index contributed by atoms with van der Waals surface area (Å²) in [6.45, 7) is 2.29.